The maximum atomic E-state index is 12.5. The van der Waals surface area contributed by atoms with Gasteiger partial charge in [-0.2, -0.15) is 0 Å². The molecule has 0 radical (unpaired) electrons. The van der Waals surface area contributed by atoms with Crippen LogP contribution in [-0.4, -0.2) is 27.7 Å². The van der Waals surface area contributed by atoms with Gasteiger partial charge >= 0.3 is 7.60 Å². The minimum atomic E-state index is -4.53. The highest BCUT2D eigenvalue weighted by molar-refractivity contribution is 7.60. The van der Waals surface area contributed by atoms with Crippen LogP contribution in [0.2, 0.25) is 0 Å². The predicted molar refractivity (Wildman–Crippen MR) is 135 cm³/mol. The Bertz CT molecular complexity index is 1200. The number of pyridine rings is 1. The quantitative estimate of drug-likeness (QED) is 0.415. The molecule has 0 saturated carbocycles. The van der Waals surface area contributed by atoms with E-state index in [9.17, 15) is 14.4 Å². The first-order valence-corrected chi connectivity index (χ1v) is 13.8. The molecule has 0 aliphatic carbocycles. The van der Waals surface area contributed by atoms with Crippen molar-refractivity contribution in [2.75, 3.05) is 6.61 Å². The highest BCUT2D eigenvalue weighted by Crippen LogP contribution is 2.40. The average Bonchev–Trinajstić information content (AvgIpc) is 2.85. The molecule has 1 aromatic heterocycles. The van der Waals surface area contributed by atoms with E-state index in [0.717, 1.165) is 78.5 Å². The normalized spacial score (nSPS) is 16.8. The summed E-state index contributed by atoms with van der Waals surface area (Å²) in [5, 5.41) is 0.822. The Morgan fingerprint density at radius 1 is 1.00 bits per heavy atom. The molecule has 0 spiro atoms. The van der Waals surface area contributed by atoms with Gasteiger partial charge in [-0.3, -0.25) is 9.55 Å². The number of benzene rings is 2. The van der Waals surface area contributed by atoms with Crippen LogP contribution in [0.3, 0.4) is 0 Å². The first kappa shape index (κ1) is 25.0. The molecule has 182 valence electrons. The van der Waals surface area contributed by atoms with Crippen LogP contribution >= 0.6 is 7.60 Å². The monoisotopic (exact) mass is 483 g/mol. The molecule has 1 unspecified atom stereocenters. The molecule has 4 rings (SSSR count). The van der Waals surface area contributed by atoms with Crippen molar-refractivity contribution in [2.45, 2.75) is 72.2 Å². The Labute approximate surface area is 201 Å². The molecule has 1 saturated heterocycles. The van der Waals surface area contributed by atoms with Gasteiger partial charge in [0.25, 0.3) is 0 Å². The number of hydrogen-bond acceptors (Lipinski definition) is 4. The summed E-state index contributed by atoms with van der Waals surface area (Å²) in [6.45, 7) is 7.45. The third kappa shape index (κ3) is 5.27. The first-order valence-electron chi connectivity index (χ1n) is 12.2. The molecular weight excluding hydrogens is 449 g/mol. The maximum Gasteiger partial charge on any atom is 0.358 e. The summed E-state index contributed by atoms with van der Waals surface area (Å²) >= 11 is 0. The fourth-order valence-electron chi connectivity index (χ4n) is 4.83. The van der Waals surface area contributed by atoms with Crippen molar-refractivity contribution in [3.05, 3.63) is 58.8 Å². The molecule has 34 heavy (non-hydrogen) atoms. The molecule has 1 fully saturated rings. The Morgan fingerprint density at radius 3 is 2.32 bits per heavy atom. The van der Waals surface area contributed by atoms with Gasteiger partial charge in [-0.15, -0.1) is 0 Å². The lowest BCUT2D eigenvalue weighted by molar-refractivity contribution is -0.168. The van der Waals surface area contributed by atoms with Crippen LogP contribution in [0.5, 0.6) is 0 Å². The van der Waals surface area contributed by atoms with Crippen molar-refractivity contribution < 1.29 is 23.8 Å². The smallest absolute Gasteiger partial charge is 0.353 e. The lowest BCUT2D eigenvalue weighted by Crippen LogP contribution is -2.21. The van der Waals surface area contributed by atoms with Crippen LogP contribution in [-0.2, 0) is 39.9 Å². The topological polar surface area (TPSA) is 88.9 Å². The molecule has 2 aromatic carbocycles. The summed E-state index contributed by atoms with van der Waals surface area (Å²) in [6.07, 6.45) is 5.34. The molecule has 1 aliphatic rings. The van der Waals surface area contributed by atoms with Crippen molar-refractivity contribution in [3.63, 3.8) is 0 Å². The zero-order valence-electron chi connectivity index (χ0n) is 20.2. The average molecular weight is 484 g/mol. The Balaban J connectivity index is 1.74. The Kier molecular flexibility index (Phi) is 7.86. The van der Waals surface area contributed by atoms with Gasteiger partial charge in [-0.05, 0) is 78.5 Å². The molecule has 0 amide bonds. The van der Waals surface area contributed by atoms with Crippen molar-refractivity contribution in [2.24, 2.45) is 0 Å². The zero-order valence-corrected chi connectivity index (χ0v) is 21.1. The van der Waals surface area contributed by atoms with E-state index in [-0.39, 0.29) is 11.6 Å². The van der Waals surface area contributed by atoms with E-state index in [2.05, 4.69) is 13.8 Å². The fraction of sp³-hybridized carbons (Fsp3) is 0.444. The van der Waals surface area contributed by atoms with E-state index in [4.69, 9.17) is 14.5 Å². The number of aromatic nitrogens is 1. The van der Waals surface area contributed by atoms with E-state index < -0.39 is 7.60 Å². The number of ether oxygens (including phenoxy) is 2. The molecule has 0 bridgehead atoms. The zero-order chi connectivity index (χ0) is 24.3. The number of aryl methyl sites for hydroxylation is 2. The van der Waals surface area contributed by atoms with Gasteiger partial charge in [-0.25, -0.2) is 0 Å². The second-order valence-electron chi connectivity index (χ2n) is 8.82. The summed E-state index contributed by atoms with van der Waals surface area (Å²) < 4.78 is 24.0. The maximum absolute atomic E-state index is 12.5. The molecular formula is C27H34NO5P. The fourth-order valence-corrected chi connectivity index (χ4v) is 5.59. The second kappa shape index (κ2) is 10.7. The minimum Gasteiger partial charge on any atom is -0.353 e. The summed E-state index contributed by atoms with van der Waals surface area (Å²) in [5.41, 5.74) is 6.35. The van der Waals surface area contributed by atoms with Gasteiger partial charge in [0, 0.05) is 17.7 Å². The summed E-state index contributed by atoms with van der Waals surface area (Å²) in [5.74, 6) is 0. The van der Waals surface area contributed by atoms with E-state index >= 15 is 0 Å². The number of hydrogen-bond donors (Lipinski definition) is 2. The van der Waals surface area contributed by atoms with Gasteiger partial charge in [0.05, 0.1) is 17.4 Å². The Hall–Kier alpha value is -2.08. The first-order chi connectivity index (χ1) is 16.4. The van der Waals surface area contributed by atoms with Crippen LogP contribution < -0.4 is 5.30 Å². The van der Waals surface area contributed by atoms with Gasteiger partial charge < -0.3 is 19.3 Å². The van der Waals surface area contributed by atoms with Crippen LogP contribution in [0, 0.1) is 0 Å². The van der Waals surface area contributed by atoms with Crippen LogP contribution in [0.15, 0.2) is 36.4 Å². The Morgan fingerprint density at radius 2 is 1.74 bits per heavy atom. The number of nitrogens with zero attached hydrogens (tertiary/aromatic N) is 1. The van der Waals surface area contributed by atoms with Crippen LogP contribution in [0.1, 0.15) is 62.4 Å². The lowest BCUT2D eigenvalue weighted by atomic mass is 9.93. The third-order valence-electron chi connectivity index (χ3n) is 6.59. The van der Waals surface area contributed by atoms with Gasteiger partial charge in [-0.1, -0.05) is 45.0 Å². The van der Waals surface area contributed by atoms with Crippen molar-refractivity contribution in [1.82, 2.24) is 4.98 Å². The third-order valence-corrected chi connectivity index (χ3v) is 7.56. The van der Waals surface area contributed by atoms with Gasteiger partial charge in [0.15, 0.2) is 6.29 Å². The van der Waals surface area contributed by atoms with E-state index in [1.165, 1.54) is 5.56 Å². The standard InChI is InChI=1S/C27H34NO5P/c1-4-21-22(5-2)24(6-3)28-27-23(21)15-20(16-25(27)34(29,30)31)19-12-10-18(11-13-19)17-33-26-9-7-8-14-32-26/h10-13,15-16,26H,4-9,14,17H2,1-3H3,(H2,29,30,31). The van der Waals surface area contributed by atoms with E-state index in [0.29, 0.717) is 12.1 Å². The number of rotatable bonds is 8. The van der Waals surface area contributed by atoms with Gasteiger partial charge in [0.2, 0.25) is 0 Å². The number of fused-ring (bicyclic) bond motifs is 1. The SMILES string of the molecule is CCc1nc2c(P(=O)(O)O)cc(-c3ccc(COC4CCCCO4)cc3)cc2c(CC)c1CC. The highest BCUT2D eigenvalue weighted by atomic mass is 31.2. The summed E-state index contributed by atoms with van der Waals surface area (Å²) in [4.78, 5) is 25.1. The molecule has 1 atom stereocenters. The van der Waals surface area contributed by atoms with Crippen molar-refractivity contribution in [3.8, 4) is 11.1 Å². The van der Waals surface area contributed by atoms with Crippen molar-refractivity contribution in [1.29, 1.82) is 0 Å². The molecule has 3 aromatic rings. The molecule has 1 aliphatic heterocycles. The predicted octanol–water partition coefficient (Wildman–Crippen LogP) is 5.44. The molecule has 6 nitrogen and oxygen atoms in total. The lowest BCUT2D eigenvalue weighted by Gasteiger charge is -2.22. The second-order valence-corrected chi connectivity index (χ2v) is 10.4. The van der Waals surface area contributed by atoms with Crippen LogP contribution in [0.4, 0.5) is 0 Å². The highest BCUT2D eigenvalue weighted by Gasteiger charge is 2.25. The minimum absolute atomic E-state index is 0.00564. The van der Waals surface area contributed by atoms with Crippen LogP contribution in [0.25, 0.3) is 22.0 Å². The van der Waals surface area contributed by atoms with Gasteiger partial charge in [0.1, 0.15) is 0 Å². The molecule has 2 N–H and O–H groups in total. The van der Waals surface area contributed by atoms with E-state index in [1.54, 1.807) is 6.07 Å². The van der Waals surface area contributed by atoms with E-state index in [1.807, 2.05) is 37.3 Å². The molecule has 7 heteroatoms. The summed E-state index contributed by atoms with van der Waals surface area (Å²) in [6, 6.07) is 11.6. The summed E-state index contributed by atoms with van der Waals surface area (Å²) in [7, 11) is -4.53. The molecule has 2 heterocycles. The van der Waals surface area contributed by atoms with Crippen molar-refractivity contribution >= 4 is 23.8 Å². The largest absolute Gasteiger partial charge is 0.358 e.